The van der Waals surface area contributed by atoms with Crippen molar-refractivity contribution in [3.8, 4) is 11.1 Å². The summed E-state index contributed by atoms with van der Waals surface area (Å²) in [5.74, 6) is -0.785. The van der Waals surface area contributed by atoms with Gasteiger partial charge in [0.2, 0.25) is 0 Å². The number of halogens is 2. The SMILES string of the molecule is CC1CCCCC(NC(=O)c2n[nH]c3ccc(-c4ccc(F)cc4F)cc23)CC1. The van der Waals surface area contributed by atoms with E-state index in [1.165, 1.54) is 25.0 Å². The van der Waals surface area contributed by atoms with Crippen LogP contribution in [0.2, 0.25) is 0 Å². The fourth-order valence-corrected chi connectivity index (χ4v) is 4.13. The molecule has 1 amide bonds. The molecule has 0 bridgehead atoms. The summed E-state index contributed by atoms with van der Waals surface area (Å²) in [5.41, 5.74) is 1.87. The van der Waals surface area contributed by atoms with Crippen molar-refractivity contribution in [1.29, 1.82) is 0 Å². The van der Waals surface area contributed by atoms with E-state index in [0.717, 1.165) is 31.7 Å². The van der Waals surface area contributed by atoms with Crippen LogP contribution in [0.3, 0.4) is 0 Å². The molecule has 0 radical (unpaired) electrons. The molecule has 2 atom stereocenters. The molecule has 29 heavy (non-hydrogen) atoms. The maximum atomic E-state index is 14.2. The molecule has 0 spiro atoms. The van der Waals surface area contributed by atoms with Gasteiger partial charge in [0.05, 0.1) is 5.52 Å². The summed E-state index contributed by atoms with van der Waals surface area (Å²) in [6.07, 6.45) is 6.64. The molecule has 4 rings (SSSR count). The van der Waals surface area contributed by atoms with Gasteiger partial charge in [0, 0.05) is 23.1 Å². The summed E-state index contributed by atoms with van der Waals surface area (Å²) >= 11 is 0. The first-order chi connectivity index (χ1) is 14.0. The van der Waals surface area contributed by atoms with E-state index in [4.69, 9.17) is 0 Å². The molecule has 0 aliphatic heterocycles. The molecule has 1 fully saturated rings. The second kappa shape index (κ2) is 8.31. The highest BCUT2D eigenvalue weighted by Gasteiger charge is 2.21. The van der Waals surface area contributed by atoms with E-state index in [1.807, 2.05) is 0 Å². The van der Waals surface area contributed by atoms with E-state index in [9.17, 15) is 13.6 Å². The summed E-state index contributed by atoms with van der Waals surface area (Å²) in [6.45, 7) is 2.27. The van der Waals surface area contributed by atoms with Gasteiger partial charge in [0.1, 0.15) is 11.6 Å². The van der Waals surface area contributed by atoms with Gasteiger partial charge in [0.15, 0.2) is 5.69 Å². The number of hydrogen-bond acceptors (Lipinski definition) is 2. The number of nitrogens with one attached hydrogen (secondary N) is 2. The average Bonchev–Trinajstić information content (AvgIpc) is 3.10. The number of hydrogen-bond donors (Lipinski definition) is 2. The third-order valence-electron chi connectivity index (χ3n) is 5.86. The van der Waals surface area contributed by atoms with Gasteiger partial charge in [-0.15, -0.1) is 0 Å². The van der Waals surface area contributed by atoms with Crippen molar-refractivity contribution in [2.45, 2.75) is 51.5 Å². The molecule has 1 aliphatic carbocycles. The van der Waals surface area contributed by atoms with Crippen LogP contribution in [0.5, 0.6) is 0 Å². The Kier molecular flexibility index (Phi) is 5.60. The molecule has 1 heterocycles. The van der Waals surface area contributed by atoms with E-state index in [1.54, 1.807) is 18.2 Å². The molecule has 1 saturated carbocycles. The first-order valence-electron chi connectivity index (χ1n) is 10.3. The molecule has 152 valence electrons. The summed E-state index contributed by atoms with van der Waals surface area (Å²) in [6, 6.07) is 8.85. The fourth-order valence-electron chi connectivity index (χ4n) is 4.13. The van der Waals surface area contributed by atoms with Crippen molar-refractivity contribution in [2.24, 2.45) is 5.92 Å². The minimum Gasteiger partial charge on any atom is -0.348 e. The zero-order valence-corrected chi connectivity index (χ0v) is 16.5. The zero-order chi connectivity index (χ0) is 20.4. The van der Waals surface area contributed by atoms with Crippen molar-refractivity contribution in [3.05, 3.63) is 53.7 Å². The highest BCUT2D eigenvalue weighted by molar-refractivity contribution is 6.05. The predicted octanol–water partition coefficient (Wildman–Crippen LogP) is 5.60. The Bertz CT molecular complexity index is 1030. The minimum atomic E-state index is -0.637. The predicted molar refractivity (Wildman–Crippen MR) is 110 cm³/mol. The van der Waals surface area contributed by atoms with Crippen LogP contribution in [-0.2, 0) is 0 Å². The fraction of sp³-hybridized carbons (Fsp3) is 0.391. The molecular weight excluding hydrogens is 372 g/mol. The van der Waals surface area contributed by atoms with E-state index >= 15 is 0 Å². The topological polar surface area (TPSA) is 57.8 Å². The lowest BCUT2D eigenvalue weighted by Crippen LogP contribution is -2.36. The van der Waals surface area contributed by atoms with Crippen LogP contribution >= 0.6 is 0 Å². The quantitative estimate of drug-likeness (QED) is 0.605. The van der Waals surface area contributed by atoms with E-state index < -0.39 is 11.6 Å². The lowest BCUT2D eigenvalue weighted by atomic mass is 9.90. The number of carbonyl (C=O) groups excluding carboxylic acids is 1. The third kappa shape index (κ3) is 4.31. The third-order valence-corrected chi connectivity index (χ3v) is 5.86. The number of carbonyl (C=O) groups is 1. The van der Waals surface area contributed by atoms with Gasteiger partial charge in [-0.25, -0.2) is 8.78 Å². The van der Waals surface area contributed by atoms with Gasteiger partial charge in [-0.05, 0) is 55.0 Å². The number of rotatable bonds is 3. The number of fused-ring (bicyclic) bond motifs is 1. The Morgan fingerprint density at radius 3 is 2.72 bits per heavy atom. The van der Waals surface area contributed by atoms with Gasteiger partial charge in [-0.3, -0.25) is 9.89 Å². The molecule has 0 saturated heterocycles. The zero-order valence-electron chi connectivity index (χ0n) is 16.5. The number of nitrogens with zero attached hydrogens (tertiary/aromatic N) is 1. The Hall–Kier alpha value is -2.76. The second-order valence-electron chi connectivity index (χ2n) is 8.09. The number of amides is 1. The van der Waals surface area contributed by atoms with Crippen LogP contribution in [0.4, 0.5) is 8.78 Å². The monoisotopic (exact) mass is 397 g/mol. The van der Waals surface area contributed by atoms with Crippen molar-refractivity contribution in [1.82, 2.24) is 15.5 Å². The number of aromatic amines is 1. The van der Waals surface area contributed by atoms with Crippen molar-refractivity contribution >= 4 is 16.8 Å². The van der Waals surface area contributed by atoms with E-state index in [-0.39, 0.29) is 17.5 Å². The molecule has 1 aliphatic rings. The van der Waals surface area contributed by atoms with Crippen molar-refractivity contribution in [2.75, 3.05) is 0 Å². The summed E-state index contributed by atoms with van der Waals surface area (Å²) in [7, 11) is 0. The van der Waals surface area contributed by atoms with Crippen LogP contribution in [0.1, 0.15) is 55.9 Å². The molecule has 4 nitrogen and oxygen atoms in total. The number of H-pyrrole nitrogens is 1. The second-order valence-corrected chi connectivity index (χ2v) is 8.09. The van der Waals surface area contributed by atoms with Crippen LogP contribution < -0.4 is 5.32 Å². The van der Waals surface area contributed by atoms with Crippen LogP contribution in [-0.4, -0.2) is 22.1 Å². The normalized spacial score (nSPS) is 20.2. The van der Waals surface area contributed by atoms with Crippen molar-refractivity contribution in [3.63, 3.8) is 0 Å². The Balaban J connectivity index is 1.59. The van der Waals surface area contributed by atoms with Gasteiger partial charge in [-0.1, -0.05) is 32.3 Å². The lowest BCUT2D eigenvalue weighted by molar-refractivity contribution is 0.0925. The summed E-state index contributed by atoms with van der Waals surface area (Å²) < 4.78 is 27.4. The Morgan fingerprint density at radius 1 is 1.07 bits per heavy atom. The molecule has 6 heteroatoms. The molecule has 1 aromatic heterocycles. The molecule has 3 aromatic rings. The first-order valence-corrected chi connectivity index (χ1v) is 10.3. The number of aromatic nitrogens is 2. The Morgan fingerprint density at radius 2 is 1.90 bits per heavy atom. The molecule has 2 N–H and O–H groups in total. The van der Waals surface area contributed by atoms with Gasteiger partial charge >= 0.3 is 0 Å². The Labute approximate surface area is 168 Å². The number of benzene rings is 2. The van der Waals surface area contributed by atoms with Crippen LogP contribution in [0.15, 0.2) is 36.4 Å². The standard InChI is InChI=1S/C23H25F2N3O/c1-14-4-2-3-5-17(9-6-14)26-23(29)22-19-12-15(7-11-21(19)27-28-22)18-10-8-16(24)13-20(18)25/h7-8,10-14,17H,2-6,9H2,1H3,(H,26,29)(H,27,28). The highest BCUT2D eigenvalue weighted by atomic mass is 19.1. The van der Waals surface area contributed by atoms with E-state index in [2.05, 4.69) is 22.4 Å². The summed E-state index contributed by atoms with van der Waals surface area (Å²) in [5, 5.41) is 10.8. The largest absolute Gasteiger partial charge is 0.348 e. The van der Waals surface area contributed by atoms with Gasteiger partial charge in [-0.2, -0.15) is 5.10 Å². The van der Waals surface area contributed by atoms with Crippen LogP contribution in [0, 0.1) is 17.6 Å². The lowest BCUT2D eigenvalue weighted by Gasteiger charge is -2.23. The maximum absolute atomic E-state index is 14.2. The van der Waals surface area contributed by atoms with Gasteiger partial charge < -0.3 is 5.32 Å². The molecule has 2 unspecified atom stereocenters. The van der Waals surface area contributed by atoms with Gasteiger partial charge in [0.25, 0.3) is 5.91 Å². The van der Waals surface area contributed by atoms with E-state index in [0.29, 0.717) is 28.1 Å². The minimum absolute atomic E-state index is 0.148. The molecular formula is C23H25F2N3O. The smallest absolute Gasteiger partial charge is 0.272 e. The van der Waals surface area contributed by atoms with Crippen molar-refractivity contribution < 1.29 is 13.6 Å². The molecule has 2 aromatic carbocycles. The average molecular weight is 397 g/mol. The van der Waals surface area contributed by atoms with Crippen LogP contribution in [0.25, 0.3) is 22.0 Å². The first kappa shape index (κ1) is 19.6. The summed E-state index contributed by atoms with van der Waals surface area (Å²) in [4.78, 5) is 12.9. The maximum Gasteiger partial charge on any atom is 0.272 e. The highest BCUT2D eigenvalue weighted by Crippen LogP contribution is 2.28.